The van der Waals surface area contributed by atoms with Gasteiger partial charge in [0.2, 0.25) is 17.8 Å². The zero-order chi connectivity index (χ0) is 18.1. The number of nitrogens with zero attached hydrogens (tertiary/aromatic N) is 5. The van der Waals surface area contributed by atoms with E-state index in [-0.39, 0.29) is 23.9 Å². The van der Waals surface area contributed by atoms with Crippen LogP contribution in [0.3, 0.4) is 0 Å². The molecule has 1 N–H and O–H groups in total. The fourth-order valence-electron chi connectivity index (χ4n) is 4.51. The van der Waals surface area contributed by atoms with Crippen LogP contribution in [0.2, 0.25) is 0 Å². The Kier molecular flexibility index (Phi) is 4.82. The lowest BCUT2D eigenvalue weighted by molar-refractivity contribution is -0.131. The first-order chi connectivity index (χ1) is 12.6. The smallest absolute Gasteiger partial charge is 0.239 e. The first kappa shape index (κ1) is 17.3. The van der Waals surface area contributed by atoms with E-state index >= 15 is 0 Å². The fraction of sp³-hybridized carbons (Fsp3) is 0.778. The summed E-state index contributed by atoms with van der Waals surface area (Å²) in [5.41, 5.74) is 0. The van der Waals surface area contributed by atoms with Crippen molar-refractivity contribution in [2.24, 2.45) is 7.05 Å². The molecule has 1 aromatic rings. The summed E-state index contributed by atoms with van der Waals surface area (Å²) in [4.78, 5) is 28.4. The van der Waals surface area contributed by atoms with Crippen molar-refractivity contribution in [3.05, 3.63) is 5.82 Å². The third-order valence-corrected chi connectivity index (χ3v) is 5.99. The molecule has 2 unspecified atom stereocenters. The van der Waals surface area contributed by atoms with E-state index in [9.17, 15) is 9.59 Å². The highest BCUT2D eigenvalue weighted by molar-refractivity contribution is 5.83. The normalized spacial score (nSPS) is 27.1. The highest BCUT2D eigenvalue weighted by Gasteiger charge is 2.38. The summed E-state index contributed by atoms with van der Waals surface area (Å²) in [7, 11) is 1.94. The van der Waals surface area contributed by atoms with Gasteiger partial charge in [0.25, 0.3) is 0 Å². The Labute approximate surface area is 153 Å². The summed E-state index contributed by atoms with van der Waals surface area (Å²) in [5.74, 6) is 1.79. The van der Waals surface area contributed by atoms with E-state index in [1.54, 1.807) is 0 Å². The topological polar surface area (TPSA) is 83.4 Å². The number of carbonyl (C=O) groups is 2. The van der Waals surface area contributed by atoms with Crippen molar-refractivity contribution in [3.63, 3.8) is 0 Å². The second kappa shape index (κ2) is 7.25. The molecule has 1 saturated carbocycles. The Morgan fingerprint density at radius 1 is 1.08 bits per heavy atom. The molecule has 2 amide bonds. The van der Waals surface area contributed by atoms with Gasteiger partial charge in [-0.3, -0.25) is 14.2 Å². The average molecular weight is 360 g/mol. The number of nitrogens with one attached hydrogen (secondary N) is 1. The van der Waals surface area contributed by atoms with Crippen LogP contribution in [0.4, 0.5) is 5.95 Å². The maximum atomic E-state index is 12.3. The number of hydrogen-bond acceptors (Lipinski definition) is 5. The summed E-state index contributed by atoms with van der Waals surface area (Å²) in [6, 6.07) is 0.495. The minimum absolute atomic E-state index is 0.0559. The van der Waals surface area contributed by atoms with Crippen LogP contribution >= 0.6 is 0 Å². The van der Waals surface area contributed by atoms with E-state index in [4.69, 9.17) is 0 Å². The molecule has 2 aliphatic heterocycles. The van der Waals surface area contributed by atoms with Crippen molar-refractivity contribution < 1.29 is 9.59 Å². The van der Waals surface area contributed by atoms with Gasteiger partial charge >= 0.3 is 0 Å². The number of likely N-dealkylation sites (tertiary alicyclic amines) is 1. The summed E-state index contributed by atoms with van der Waals surface area (Å²) in [5, 5.41) is 11.9. The summed E-state index contributed by atoms with van der Waals surface area (Å²) in [6.07, 6.45) is 8.20. The van der Waals surface area contributed by atoms with Crippen molar-refractivity contribution in [3.8, 4) is 0 Å². The Bertz CT molecular complexity index is 687. The number of carbonyl (C=O) groups excluding carboxylic acids is 2. The van der Waals surface area contributed by atoms with Crippen molar-refractivity contribution in [2.75, 3.05) is 18.0 Å². The van der Waals surface area contributed by atoms with Crippen LogP contribution in [0.25, 0.3) is 0 Å². The highest BCUT2D eigenvalue weighted by Crippen LogP contribution is 2.29. The van der Waals surface area contributed by atoms with Crippen LogP contribution in [0.1, 0.15) is 57.2 Å². The van der Waals surface area contributed by atoms with Gasteiger partial charge in [0.05, 0.1) is 12.6 Å². The van der Waals surface area contributed by atoms with Gasteiger partial charge in [0.15, 0.2) is 5.82 Å². The zero-order valence-electron chi connectivity index (χ0n) is 15.5. The summed E-state index contributed by atoms with van der Waals surface area (Å²) in [6.45, 7) is 1.62. The van der Waals surface area contributed by atoms with Crippen molar-refractivity contribution >= 4 is 17.8 Å². The number of aromatic nitrogens is 3. The molecule has 142 valence electrons. The Balaban J connectivity index is 1.54. The molecular formula is C18H28N6O2. The number of fused-ring (bicyclic) bond motifs is 1. The van der Waals surface area contributed by atoms with E-state index in [0.717, 1.165) is 56.8 Å². The van der Waals surface area contributed by atoms with Crippen LogP contribution in [0, 0.1) is 0 Å². The highest BCUT2D eigenvalue weighted by atomic mass is 16.2. The second-order valence-corrected chi connectivity index (χ2v) is 7.75. The van der Waals surface area contributed by atoms with Crippen molar-refractivity contribution in [1.82, 2.24) is 25.0 Å². The number of piperazine rings is 1. The number of hydrogen-bond donors (Lipinski definition) is 1. The predicted molar refractivity (Wildman–Crippen MR) is 96.4 cm³/mol. The molecule has 3 fully saturated rings. The van der Waals surface area contributed by atoms with Crippen LogP contribution in [-0.2, 0) is 23.2 Å². The van der Waals surface area contributed by atoms with Gasteiger partial charge in [0.1, 0.15) is 6.54 Å². The molecule has 4 rings (SSSR count). The van der Waals surface area contributed by atoms with E-state index in [2.05, 4.69) is 20.4 Å². The van der Waals surface area contributed by atoms with Gasteiger partial charge in [-0.05, 0) is 25.7 Å². The van der Waals surface area contributed by atoms with Crippen molar-refractivity contribution in [2.45, 2.75) is 70.0 Å². The molecule has 3 heterocycles. The maximum absolute atomic E-state index is 12.3. The molecule has 3 aliphatic rings. The third-order valence-electron chi connectivity index (χ3n) is 5.99. The Hall–Kier alpha value is -2.12. The minimum atomic E-state index is 0.0559. The number of amides is 2. The molecule has 1 aromatic heterocycles. The van der Waals surface area contributed by atoms with Crippen molar-refractivity contribution in [1.29, 1.82) is 0 Å². The second-order valence-electron chi connectivity index (χ2n) is 7.75. The van der Waals surface area contributed by atoms with Gasteiger partial charge in [-0.25, -0.2) is 0 Å². The summed E-state index contributed by atoms with van der Waals surface area (Å²) < 4.78 is 1.96. The molecule has 0 spiro atoms. The average Bonchev–Trinajstić information content (AvgIpc) is 2.86. The van der Waals surface area contributed by atoms with Gasteiger partial charge in [-0.2, -0.15) is 0 Å². The molecule has 8 nitrogen and oxygen atoms in total. The maximum Gasteiger partial charge on any atom is 0.239 e. The van der Waals surface area contributed by atoms with E-state index in [0.29, 0.717) is 19.5 Å². The van der Waals surface area contributed by atoms with Crippen LogP contribution in [-0.4, -0.2) is 56.7 Å². The SMILES string of the molecule is Cn1c(CN2CCCCCC2=O)nnc1N1CC(=O)NC2CCCCC21. The van der Waals surface area contributed by atoms with Gasteiger partial charge in [0, 0.05) is 26.1 Å². The third kappa shape index (κ3) is 3.29. The molecule has 2 saturated heterocycles. The van der Waals surface area contributed by atoms with E-state index in [1.807, 2.05) is 16.5 Å². The Morgan fingerprint density at radius 2 is 1.92 bits per heavy atom. The monoisotopic (exact) mass is 360 g/mol. The zero-order valence-corrected chi connectivity index (χ0v) is 15.5. The van der Waals surface area contributed by atoms with Gasteiger partial charge < -0.3 is 15.1 Å². The predicted octanol–water partition coefficient (Wildman–Crippen LogP) is 0.965. The number of anilines is 1. The largest absolute Gasteiger partial charge is 0.350 e. The lowest BCUT2D eigenvalue weighted by atomic mass is 9.87. The van der Waals surface area contributed by atoms with Gasteiger partial charge in [-0.15, -0.1) is 10.2 Å². The van der Waals surface area contributed by atoms with E-state index in [1.165, 1.54) is 6.42 Å². The molecule has 1 aliphatic carbocycles. The van der Waals surface area contributed by atoms with Crippen LogP contribution in [0.15, 0.2) is 0 Å². The standard InChI is InChI=1S/C18H28N6O2/c1-22-15(11-23-10-6-2-3-9-17(23)26)20-21-18(22)24-12-16(25)19-13-7-4-5-8-14(13)24/h13-14H,2-12H2,1H3,(H,19,25). The Morgan fingerprint density at radius 3 is 2.81 bits per heavy atom. The quantitative estimate of drug-likeness (QED) is 0.868. The minimum Gasteiger partial charge on any atom is -0.350 e. The molecular weight excluding hydrogens is 332 g/mol. The first-order valence-electron chi connectivity index (χ1n) is 9.85. The molecule has 2 atom stereocenters. The fourth-order valence-corrected chi connectivity index (χ4v) is 4.51. The van der Waals surface area contributed by atoms with Crippen LogP contribution < -0.4 is 10.2 Å². The number of rotatable bonds is 3. The molecule has 0 aromatic carbocycles. The van der Waals surface area contributed by atoms with Gasteiger partial charge in [-0.1, -0.05) is 19.3 Å². The molecule has 0 radical (unpaired) electrons. The first-order valence-corrected chi connectivity index (χ1v) is 9.85. The lowest BCUT2D eigenvalue weighted by Gasteiger charge is -2.44. The van der Waals surface area contributed by atoms with E-state index < -0.39 is 0 Å². The summed E-state index contributed by atoms with van der Waals surface area (Å²) >= 11 is 0. The molecule has 8 heteroatoms. The molecule has 26 heavy (non-hydrogen) atoms. The van der Waals surface area contributed by atoms with Crippen LogP contribution in [0.5, 0.6) is 0 Å². The molecule has 0 bridgehead atoms. The lowest BCUT2D eigenvalue weighted by Crippen LogP contribution is -2.62.